The number of anilines is 1. The van der Waals surface area contributed by atoms with Gasteiger partial charge in [-0.1, -0.05) is 15.9 Å². The summed E-state index contributed by atoms with van der Waals surface area (Å²) in [5, 5.41) is 2.81. The number of allylic oxidation sites excluding steroid dienone is 1. The van der Waals surface area contributed by atoms with Crippen molar-refractivity contribution in [3.63, 3.8) is 0 Å². The van der Waals surface area contributed by atoms with E-state index in [1.165, 1.54) is 6.26 Å². The Labute approximate surface area is 191 Å². The molecule has 1 amide bonds. The van der Waals surface area contributed by atoms with E-state index in [2.05, 4.69) is 21.2 Å². The van der Waals surface area contributed by atoms with Crippen LogP contribution in [0.25, 0.3) is 0 Å². The van der Waals surface area contributed by atoms with Crippen molar-refractivity contribution in [1.82, 2.24) is 0 Å². The molecule has 3 aliphatic rings. The number of carbonyl (C=O) groups excluding carboxylic acids is 3. The summed E-state index contributed by atoms with van der Waals surface area (Å²) in [4.78, 5) is 40.3. The van der Waals surface area contributed by atoms with Gasteiger partial charge in [0.15, 0.2) is 5.78 Å². The number of esters is 1. The van der Waals surface area contributed by atoms with E-state index in [1.54, 1.807) is 37.3 Å². The second-order valence-corrected chi connectivity index (χ2v) is 8.71. The number of benzene rings is 1. The van der Waals surface area contributed by atoms with Crippen LogP contribution in [0.15, 0.2) is 68.3 Å². The third-order valence-corrected chi connectivity index (χ3v) is 6.54. The Bertz CT molecular complexity index is 1230. The maximum atomic E-state index is 13.6. The van der Waals surface area contributed by atoms with Crippen molar-refractivity contribution < 1.29 is 28.3 Å². The van der Waals surface area contributed by atoms with E-state index in [9.17, 15) is 14.4 Å². The molecule has 1 aliphatic carbocycles. The summed E-state index contributed by atoms with van der Waals surface area (Å²) in [6.07, 6.45) is 1.94. The minimum atomic E-state index is -1.76. The first kappa shape index (κ1) is 20.6. The molecule has 32 heavy (non-hydrogen) atoms. The molecule has 2 aromatic rings. The van der Waals surface area contributed by atoms with Crippen LogP contribution in [0.5, 0.6) is 0 Å². The second kappa shape index (κ2) is 7.37. The fourth-order valence-corrected chi connectivity index (χ4v) is 5.20. The summed E-state index contributed by atoms with van der Waals surface area (Å²) in [5.74, 6) is -1.28. The summed E-state index contributed by atoms with van der Waals surface area (Å²) < 4.78 is 17.2. The fourth-order valence-electron chi connectivity index (χ4n) is 4.84. The quantitative estimate of drug-likeness (QED) is 0.621. The van der Waals surface area contributed by atoms with Crippen molar-refractivity contribution in [1.29, 1.82) is 0 Å². The Morgan fingerprint density at radius 2 is 2.12 bits per heavy atom. The number of carbonyl (C=O) groups is 3. The molecule has 0 fully saturated rings. The predicted octanol–water partition coefficient (Wildman–Crippen LogP) is 3.40. The minimum absolute atomic E-state index is 0.0685. The van der Waals surface area contributed by atoms with Crippen LogP contribution in [0.2, 0.25) is 0 Å². The molecule has 3 heterocycles. The van der Waals surface area contributed by atoms with Crippen molar-refractivity contribution in [3.05, 3.63) is 75.2 Å². The van der Waals surface area contributed by atoms with E-state index >= 15 is 0 Å². The molecule has 3 N–H and O–H groups in total. The molecule has 164 valence electrons. The van der Waals surface area contributed by atoms with E-state index in [4.69, 9.17) is 19.6 Å². The van der Waals surface area contributed by atoms with Crippen molar-refractivity contribution in [2.45, 2.75) is 31.1 Å². The standard InChI is InChI=1S/C23H19BrN2O6/c1-2-30-21(28)19-20(25)32-17-9-11(16-4-3-7-31-16)8-15(27)18(17)23(19)13-10-12(24)5-6-14(13)26-22(23)29/h3-7,10-11H,2,8-9,25H2,1H3,(H,26,29)/t11-,23-/m1/s1. The van der Waals surface area contributed by atoms with Gasteiger partial charge in [-0.3, -0.25) is 9.59 Å². The van der Waals surface area contributed by atoms with Crippen LogP contribution in [-0.4, -0.2) is 24.3 Å². The zero-order valence-electron chi connectivity index (χ0n) is 17.1. The number of amides is 1. The lowest BCUT2D eigenvalue weighted by atomic mass is 9.63. The van der Waals surface area contributed by atoms with Gasteiger partial charge in [0.05, 0.1) is 18.4 Å². The molecule has 9 heteroatoms. The van der Waals surface area contributed by atoms with Crippen molar-refractivity contribution in [2.24, 2.45) is 5.73 Å². The van der Waals surface area contributed by atoms with Gasteiger partial charge in [-0.25, -0.2) is 4.79 Å². The van der Waals surface area contributed by atoms with Crippen LogP contribution in [0.1, 0.15) is 37.0 Å². The highest BCUT2D eigenvalue weighted by atomic mass is 79.9. The molecule has 2 aliphatic heterocycles. The van der Waals surface area contributed by atoms with Gasteiger partial charge < -0.3 is 24.9 Å². The van der Waals surface area contributed by atoms with Crippen LogP contribution in [0.3, 0.4) is 0 Å². The van der Waals surface area contributed by atoms with Gasteiger partial charge in [-0.15, -0.1) is 0 Å². The normalized spacial score (nSPS) is 24.2. The second-order valence-electron chi connectivity index (χ2n) is 7.80. The number of halogens is 1. The molecule has 5 rings (SSSR count). The molecular weight excluding hydrogens is 480 g/mol. The maximum absolute atomic E-state index is 13.6. The largest absolute Gasteiger partial charge is 0.469 e. The number of nitrogens with two attached hydrogens (primary N) is 1. The maximum Gasteiger partial charge on any atom is 0.341 e. The van der Waals surface area contributed by atoms with Gasteiger partial charge in [0, 0.05) is 34.5 Å². The molecule has 2 atom stereocenters. The van der Waals surface area contributed by atoms with Gasteiger partial charge in [0.1, 0.15) is 22.5 Å². The molecule has 1 spiro atoms. The molecule has 0 unspecified atom stereocenters. The first-order valence-corrected chi connectivity index (χ1v) is 10.9. The highest BCUT2D eigenvalue weighted by molar-refractivity contribution is 9.10. The first-order valence-electron chi connectivity index (χ1n) is 10.1. The summed E-state index contributed by atoms with van der Waals surface area (Å²) in [5.41, 5.74) is 5.35. The number of nitrogens with one attached hydrogen (secondary N) is 1. The van der Waals surface area contributed by atoms with Gasteiger partial charge >= 0.3 is 5.97 Å². The van der Waals surface area contributed by atoms with Crippen LogP contribution >= 0.6 is 15.9 Å². The van der Waals surface area contributed by atoms with Crippen molar-refractivity contribution in [2.75, 3.05) is 11.9 Å². The number of furan rings is 1. The summed E-state index contributed by atoms with van der Waals surface area (Å²) in [6.45, 7) is 1.72. The zero-order chi connectivity index (χ0) is 22.6. The number of Topliss-reactive ketones (excluding diaryl/α,β-unsaturated/α-hetero) is 1. The monoisotopic (exact) mass is 498 g/mol. The Morgan fingerprint density at radius 1 is 1.31 bits per heavy atom. The molecule has 8 nitrogen and oxygen atoms in total. The first-order chi connectivity index (χ1) is 15.4. The number of ether oxygens (including phenoxy) is 2. The van der Waals surface area contributed by atoms with Crippen LogP contribution in [0.4, 0.5) is 5.69 Å². The third kappa shape index (κ3) is 2.77. The average Bonchev–Trinajstić information content (AvgIpc) is 3.36. The topological polar surface area (TPSA) is 121 Å². The SMILES string of the molecule is CCOC(=O)C1=C(N)OC2=C(C(=O)C[C@@H](c3ccco3)C2)[C@@]12C(=O)Nc1ccc(Br)cc12. The van der Waals surface area contributed by atoms with Crippen LogP contribution < -0.4 is 11.1 Å². The molecular formula is C23H19BrN2O6. The Hall–Kier alpha value is -3.33. The molecule has 1 aromatic carbocycles. The van der Waals surface area contributed by atoms with Gasteiger partial charge in [-0.2, -0.15) is 0 Å². The highest BCUT2D eigenvalue weighted by Crippen LogP contribution is 2.56. The lowest BCUT2D eigenvalue weighted by molar-refractivity contribution is -0.141. The number of hydrogen-bond donors (Lipinski definition) is 2. The minimum Gasteiger partial charge on any atom is -0.469 e. The van der Waals surface area contributed by atoms with E-state index < -0.39 is 17.3 Å². The van der Waals surface area contributed by atoms with Gasteiger partial charge in [-0.05, 0) is 37.3 Å². The Morgan fingerprint density at radius 3 is 2.84 bits per heavy atom. The molecule has 0 saturated heterocycles. The Balaban J connectivity index is 1.77. The molecule has 0 saturated carbocycles. The Kier molecular flexibility index (Phi) is 4.74. The van der Waals surface area contributed by atoms with Crippen molar-refractivity contribution >= 4 is 39.3 Å². The number of rotatable bonds is 3. The van der Waals surface area contributed by atoms with Gasteiger partial charge in [0.2, 0.25) is 11.8 Å². The summed E-state index contributed by atoms with van der Waals surface area (Å²) in [7, 11) is 0. The number of hydrogen-bond acceptors (Lipinski definition) is 7. The zero-order valence-corrected chi connectivity index (χ0v) is 18.7. The van der Waals surface area contributed by atoms with E-state index in [1.807, 2.05) is 0 Å². The van der Waals surface area contributed by atoms with Gasteiger partial charge in [0.25, 0.3) is 0 Å². The lowest BCUT2D eigenvalue weighted by Gasteiger charge is -2.39. The van der Waals surface area contributed by atoms with E-state index in [0.29, 0.717) is 27.9 Å². The predicted molar refractivity (Wildman–Crippen MR) is 116 cm³/mol. The van der Waals surface area contributed by atoms with E-state index in [-0.39, 0.29) is 47.5 Å². The molecule has 1 aromatic heterocycles. The fraction of sp³-hybridized carbons (Fsp3) is 0.261. The van der Waals surface area contributed by atoms with E-state index in [0.717, 1.165) is 0 Å². The smallest absolute Gasteiger partial charge is 0.341 e. The number of ketones is 1. The lowest BCUT2D eigenvalue weighted by Crippen LogP contribution is -2.49. The van der Waals surface area contributed by atoms with Crippen LogP contribution in [0, 0.1) is 0 Å². The molecule has 0 bridgehead atoms. The highest BCUT2D eigenvalue weighted by Gasteiger charge is 2.62. The number of fused-ring (bicyclic) bond motifs is 3. The molecule has 0 radical (unpaired) electrons. The van der Waals surface area contributed by atoms with Crippen LogP contribution in [-0.2, 0) is 29.3 Å². The summed E-state index contributed by atoms with van der Waals surface area (Å²) in [6, 6.07) is 8.72. The van der Waals surface area contributed by atoms with Crippen molar-refractivity contribution in [3.8, 4) is 0 Å². The average molecular weight is 499 g/mol. The summed E-state index contributed by atoms with van der Waals surface area (Å²) >= 11 is 3.43. The third-order valence-electron chi connectivity index (χ3n) is 6.05.